The number of nitrogens with one attached hydrogen (secondary N) is 1. The number of likely N-dealkylation sites (tertiary alicyclic amines) is 1. The van der Waals surface area contributed by atoms with E-state index < -0.39 is 10.0 Å². The lowest BCUT2D eigenvalue weighted by Gasteiger charge is -2.18. The number of aliphatic hydroxyl groups is 1. The highest BCUT2D eigenvalue weighted by molar-refractivity contribution is 7.89. The van der Waals surface area contributed by atoms with Gasteiger partial charge in [-0.2, -0.15) is 4.31 Å². The Morgan fingerprint density at radius 1 is 1.00 bits per heavy atom. The number of carbonyl (C=O) groups excluding carboxylic acids is 2. The van der Waals surface area contributed by atoms with Crippen LogP contribution in [0.5, 0.6) is 0 Å². The van der Waals surface area contributed by atoms with Crippen LogP contribution < -0.4 is 5.32 Å². The van der Waals surface area contributed by atoms with Gasteiger partial charge < -0.3 is 10.4 Å². The quantitative estimate of drug-likeness (QED) is 0.637. The van der Waals surface area contributed by atoms with Crippen molar-refractivity contribution >= 4 is 22.0 Å². The van der Waals surface area contributed by atoms with E-state index in [-0.39, 0.29) is 36.7 Å². The normalized spacial score (nSPS) is 24.6. The molecule has 0 aliphatic carbocycles. The van der Waals surface area contributed by atoms with Crippen molar-refractivity contribution in [2.45, 2.75) is 78.6 Å². The molecular formula is C19H38N4O5S. The fraction of sp³-hybridized carbons (Fsp3) is 0.895. The second kappa shape index (κ2) is 11.2. The molecule has 170 valence electrons. The third kappa shape index (κ3) is 7.84. The molecule has 0 bridgehead atoms. The van der Waals surface area contributed by atoms with Crippen molar-refractivity contribution in [1.82, 2.24) is 19.4 Å². The van der Waals surface area contributed by atoms with Crippen molar-refractivity contribution in [3.8, 4) is 0 Å². The topological polar surface area (TPSA) is 110 Å². The van der Waals surface area contributed by atoms with Crippen LogP contribution in [-0.2, 0) is 14.8 Å². The van der Waals surface area contributed by atoms with E-state index in [0.717, 1.165) is 25.9 Å². The Hall–Kier alpha value is -1.23. The number of urea groups is 1. The van der Waals surface area contributed by atoms with Crippen LogP contribution in [0.3, 0.4) is 0 Å². The van der Waals surface area contributed by atoms with Gasteiger partial charge in [0.2, 0.25) is 15.9 Å². The van der Waals surface area contributed by atoms with Gasteiger partial charge in [0.1, 0.15) is 0 Å². The maximum atomic E-state index is 11.1. The van der Waals surface area contributed by atoms with Crippen molar-refractivity contribution < 1.29 is 23.1 Å². The van der Waals surface area contributed by atoms with Crippen molar-refractivity contribution in [3.63, 3.8) is 0 Å². The molecule has 0 spiro atoms. The van der Waals surface area contributed by atoms with E-state index in [2.05, 4.69) is 24.1 Å². The molecule has 0 aromatic rings. The fourth-order valence-corrected chi connectivity index (χ4v) is 5.21. The molecular weight excluding hydrogens is 396 g/mol. The number of rotatable bonds is 3. The molecule has 0 unspecified atom stereocenters. The first-order valence-corrected chi connectivity index (χ1v) is 12.0. The van der Waals surface area contributed by atoms with Gasteiger partial charge in [-0.05, 0) is 54.4 Å². The number of nitrogens with zero attached hydrogens (tertiary/aromatic N) is 3. The number of hydrogen-bond donors (Lipinski definition) is 2. The first-order valence-electron chi connectivity index (χ1n) is 10.4. The second-order valence-corrected chi connectivity index (χ2v) is 10.5. The summed E-state index contributed by atoms with van der Waals surface area (Å²) in [5.41, 5.74) is 0. The summed E-state index contributed by atoms with van der Waals surface area (Å²) in [4.78, 5) is 25.2. The Bertz CT molecular complexity index is 629. The maximum Gasteiger partial charge on any atom is 0.324 e. The van der Waals surface area contributed by atoms with Gasteiger partial charge in [-0.1, -0.05) is 0 Å². The van der Waals surface area contributed by atoms with Crippen LogP contribution in [0.4, 0.5) is 4.79 Å². The van der Waals surface area contributed by atoms with Crippen LogP contribution in [0.25, 0.3) is 0 Å². The van der Waals surface area contributed by atoms with Crippen LogP contribution in [0.2, 0.25) is 0 Å². The predicted molar refractivity (Wildman–Crippen MR) is 113 cm³/mol. The molecule has 29 heavy (non-hydrogen) atoms. The van der Waals surface area contributed by atoms with Crippen molar-refractivity contribution in [2.75, 3.05) is 31.9 Å². The molecule has 0 saturated carbocycles. The first kappa shape index (κ1) is 25.8. The zero-order valence-electron chi connectivity index (χ0n) is 18.6. The second-order valence-electron chi connectivity index (χ2n) is 8.42. The summed E-state index contributed by atoms with van der Waals surface area (Å²) in [5.74, 6) is 0.200. The Morgan fingerprint density at radius 2 is 1.62 bits per heavy atom. The molecule has 3 fully saturated rings. The Morgan fingerprint density at radius 3 is 1.83 bits per heavy atom. The molecule has 0 aromatic heterocycles. The highest BCUT2D eigenvalue weighted by atomic mass is 32.2. The third-order valence-electron chi connectivity index (χ3n) is 5.03. The molecule has 3 heterocycles. The highest BCUT2D eigenvalue weighted by Gasteiger charge is 2.30. The average molecular weight is 435 g/mol. The standard InChI is InChI=1S/C7H15NO.C6H10N2O2.C6H13NO2S/c1-6(2)8-4-3-7(9)5-8;1-4(2)8-5(9)3-7-6(8)10;1-6(2)7-4-3-5-10(7,8)9/h6-7,9H,3-5H2,1-2H3;4H,3H2,1-2H3,(H,7,10);6H,3-5H2,1-2H3/t7-;;/m1../s1. The van der Waals surface area contributed by atoms with Crippen molar-refractivity contribution in [1.29, 1.82) is 0 Å². The van der Waals surface area contributed by atoms with Gasteiger partial charge in [-0.25, -0.2) is 13.2 Å². The summed E-state index contributed by atoms with van der Waals surface area (Å²) in [5, 5.41) is 11.5. The minimum atomic E-state index is -2.85. The highest BCUT2D eigenvalue weighted by Crippen LogP contribution is 2.16. The summed E-state index contributed by atoms with van der Waals surface area (Å²) in [6, 6.07) is 0.421. The van der Waals surface area contributed by atoms with Gasteiger partial charge in [0, 0.05) is 37.8 Å². The first-order chi connectivity index (χ1) is 13.4. The minimum Gasteiger partial charge on any atom is -0.392 e. The number of sulfonamides is 1. The number of carbonyl (C=O) groups is 2. The predicted octanol–water partition coefficient (Wildman–Crippen LogP) is 0.838. The number of β-amino-alcohol motifs (C(OH)–C–C–N with tert-alkyl or cyclic N) is 1. The van der Waals surface area contributed by atoms with Crippen molar-refractivity contribution in [3.05, 3.63) is 0 Å². The molecule has 2 N–H and O–H groups in total. The van der Waals surface area contributed by atoms with Gasteiger partial charge in [0.25, 0.3) is 0 Å². The lowest BCUT2D eigenvalue weighted by atomic mass is 10.3. The molecule has 3 amide bonds. The van der Waals surface area contributed by atoms with E-state index in [1.54, 1.807) is 4.31 Å². The molecule has 10 heteroatoms. The van der Waals surface area contributed by atoms with Gasteiger partial charge in [0.05, 0.1) is 18.4 Å². The summed E-state index contributed by atoms with van der Waals surface area (Å²) >= 11 is 0. The molecule has 3 rings (SSSR count). The van der Waals surface area contributed by atoms with E-state index in [0.29, 0.717) is 18.3 Å². The molecule has 1 atom stereocenters. The van der Waals surface area contributed by atoms with E-state index >= 15 is 0 Å². The number of amides is 3. The molecule has 0 aromatic carbocycles. The maximum absolute atomic E-state index is 11.1. The summed E-state index contributed by atoms with van der Waals surface area (Å²) < 4.78 is 23.8. The Balaban J connectivity index is 0.000000218. The van der Waals surface area contributed by atoms with Crippen LogP contribution in [-0.4, -0.2) is 95.7 Å². The smallest absolute Gasteiger partial charge is 0.324 e. The molecule has 3 aliphatic heterocycles. The lowest BCUT2D eigenvalue weighted by molar-refractivity contribution is -0.126. The zero-order chi connectivity index (χ0) is 22.4. The number of aliphatic hydroxyl groups excluding tert-OH is 1. The minimum absolute atomic E-state index is 0.0324. The van der Waals surface area contributed by atoms with Crippen molar-refractivity contribution in [2.24, 2.45) is 0 Å². The SMILES string of the molecule is CC(C)N1C(=O)CNC1=O.CC(C)N1CCCS1(=O)=O.CC(C)N1CC[C@@H](O)C1. The van der Waals surface area contributed by atoms with E-state index in [1.165, 1.54) is 4.90 Å². The summed E-state index contributed by atoms with van der Waals surface area (Å²) in [6.45, 7) is 14.6. The number of hydrogen-bond acceptors (Lipinski definition) is 6. The van der Waals surface area contributed by atoms with Gasteiger partial charge in [-0.3, -0.25) is 14.6 Å². The van der Waals surface area contributed by atoms with Crippen LogP contribution in [0.1, 0.15) is 54.4 Å². The summed E-state index contributed by atoms with van der Waals surface area (Å²) in [7, 11) is -2.85. The van der Waals surface area contributed by atoms with E-state index in [4.69, 9.17) is 5.11 Å². The van der Waals surface area contributed by atoms with Crippen LogP contribution in [0, 0.1) is 0 Å². The van der Waals surface area contributed by atoms with Crippen LogP contribution in [0.15, 0.2) is 0 Å². The fourth-order valence-electron chi connectivity index (χ4n) is 3.43. The average Bonchev–Trinajstić information content (AvgIpc) is 3.27. The van der Waals surface area contributed by atoms with E-state index in [1.807, 2.05) is 27.7 Å². The monoisotopic (exact) mass is 434 g/mol. The Labute approximate surface area is 175 Å². The van der Waals surface area contributed by atoms with Gasteiger partial charge in [0.15, 0.2) is 0 Å². The third-order valence-corrected chi connectivity index (χ3v) is 7.16. The number of imide groups is 1. The molecule has 9 nitrogen and oxygen atoms in total. The summed E-state index contributed by atoms with van der Waals surface area (Å²) in [6.07, 6.45) is 1.69. The molecule has 3 aliphatic rings. The Kier molecular flexibility index (Phi) is 10.0. The largest absolute Gasteiger partial charge is 0.392 e. The zero-order valence-corrected chi connectivity index (χ0v) is 19.4. The lowest BCUT2D eigenvalue weighted by Crippen LogP contribution is -2.36. The van der Waals surface area contributed by atoms with Crippen LogP contribution >= 0.6 is 0 Å². The van der Waals surface area contributed by atoms with Gasteiger partial charge >= 0.3 is 6.03 Å². The van der Waals surface area contributed by atoms with E-state index in [9.17, 15) is 18.0 Å². The van der Waals surface area contributed by atoms with Gasteiger partial charge in [-0.15, -0.1) is 0 Å². The molecule has 3 saturated heterocycles. The molecule has 0 radical (unpaired) electrons.